The average molecular weight is 416 g/mol. The maximum atomic E-state index is 12.8. The second-order valence-corrected chi connectivity index (χ2v) is 7.26. The van der Waals surface area contributed by atoms with Gasteiger partial charge in [0.1, 0.15) is 12.2 Å². The maximum absolute atomic E-state index is 12.8. The van der Waals surface area contributed by atoms with E-state index < -0.39 is 11.7 Å². The molecular weight excluding hydrogens is 397 g/mol. The maximum Gasteiger partial charge on any atom is 0.416 e. The van der Waals surface area contributed by atoms with Gasteiger partial charge in [0.2, 0.25) is 0 Å². The summed E-state index contributed by atoms with van der Waals surface area (Å²) in [6, 6.07) is 6.69. The number of nitriles is 1. The van der Waals surface area contributed by atoms with E-state index in [0.717, 1.165) is 23.5 Å². The largest absolute Gasteiger partial charge is 0.416 e. The zero-order valence-corrected chi connectivity index (χ0v) is 16.1. The van der Waals surface area contributed by atoms with Crippen LogP contribution in [0.5, 0.6) is 0 Å². The van der Waals surface area contributed by atoms with Crippen molar-refractivity contribution >= 4 is 11.6 Å². The molecule has 1 saturated heterocycles. The molecular formula is C20H19F3N6O. The summed E-state index contributed by atoms with van der Waals surface area (Å²) < 4.78 is 40.1. The monoisotopic (exact) mass is 416 g/mol. The van der Waals surface area contributed by atoms with Crippen LogP contribution < -0.4 is 0 Å². The third-order valence-electron chi connectivity index (χ3n) is 5.48. The van der Waals surface area contributed by atoms with Gasteiger partial charge in [-0.15, -0.1) is 0 Å². The number of fused-ring (bicyclic) bond motifs is 1. The van der Waals surface area contributed by atoms with Crippen LogP contribution in [0, 0.1) is 11.3 Å². The van der Waals surface area contributed by atoms with Crippen molar-refractivity contribution in [3.63, 3.8) is 0 Å². The van der Waals surface area contributed by atoms with Crippen LogP contribution in [0.1, 0.15) is 29.8 Å². The van der Waals surface area contributed by atoms with Gasteiger partial charge in [0.25, 0.3) is 0 Å². The highest BCUT2D eigenvalue weighted by Crippen LogP contribution is 2.32. The number of hydrogen-bond donors (Lipinski definition) is 0. The Morgan fingerprint density at radius 1 is 1.03 bits per heavy atom. The number of aromatic nitrogens is 3. The number of allylic oxidation sites excluding steroid dienone is 1. The van der Waals surface area contributed by atoms with Crippen LogP contribution in [0.15, 0.2) is 36.2 Å². The number of carbonyl (C=O) groups excluding carboxylic acids is 1. The molecule has 0 spiro atoms. The van der Waals surface area contributed by atoms with E-state index in [-0.39, 0.29) is 6.03 Å². The van der Waals surface area contributed by atoms with Crippen LogP contribution in [0.4, 0.5) is 18.0 Å². The molecule has 10 heteroatoms. The molecule has 1 aromatic carbocycles. The van der Waals surface area contributed by atoms with Gasteiger partial charge < -0.3 is 9.80 Å². The van der Waals surface area contributed by atoms with Crippen molar-refractivity contribution in [2.75, 3.05) is 19.6 Å². The molecule has 4 rings (SSSR count). The van der Waals surface area contributed by atoms with Crippen molar-refractivity contribution in [2.24, 2.45) is 0 Å². The Hall–Kier alpha value is -3.35. The van der Waals surface area contributed by atoms with Crippen molar-refractivity contribution < 1.29 is 18.0 Å². The number of nitrogens with zero attached hydrogens (tertiary/aromatic N) is 6. The molecule has 0 saturated carbocycles. The molecule has 3 heterocycles. The van der Waals surface area contributed by atoms with Crippen molar-refractivity contribution in [3.8, 4) is 6.07 Å². The Labute approximate surface area is 171 Å². The standard InChI is InChI=1S/C20H19F3N6O/c21-20(22,23)16-3-1-14(2-4-16)17(11-24)15-5-7-27(8-6-15)19(30)28-9-10-29-18(12-28)25-13-26-29/h1-4,13H,5-10,12H2. The third-order valence-corrected chi connectivity index (χ3v) is 5.48. The molecule has 0 radical (unpaired) electrons. The summed E-state index contributed by atoms with van der Waals surface area (Å²) in [5, 5.41) is 13.7. The zero-order valence-electron chi connectivity index (χ0n) is 16.1. The van der Waals surface area contributed by atoms with Gasteiger partial charge >= 0.3 is 12.2 Å². The second kappa shape index (κ2) is 7.82. The van der Waals surface area contributed by atoms with Crippen molar-refractivity contribution in [1.82, 2.24) is 24.6 Å². The Kier molecular flexibility index (Phi) is 5.20. The number of urea groups is 1. The van der Waals surface area contributed by atoms with Crippen LogP contribution in [0.3, 0.4) is 0 Å². The van der Waals surface area contributed by atoms with E-state index in [1.807, 2.05) is 0 Å². The van der Waals surface area contributed by atoms with E-state index in [1.165, 1.54) is 18.5 Å². The van der Waals surface area contributed by atoms with E-state index in [2.05, 4.69) is 16.2 Å². The predicted octanol–water partition coefficient (Wildman–Crippen LogP) is 3.31. The fraction of sp³-hybridized carbons (Fsp3) is 0.400. The van der Waals surface area contributed by atoms with Crippen LogP contribution >= 0.6 is 0 Å². The molecule has 7 nitrogen and oxygen atoms in total. The summed E-state index contributed by atoms with van der Waals surface area (Å²) in [7, 11) is 0. The van der Waals surface area contributed by atoms with E-state index in [0.29, 0.717) is 56.7 Å². The molecule has 0 aliphatic carbocycles. The first-order valence-electron chi connectivity index (χ1n) is 9.57. The molecule has 2 aliphatic rings. The molecule has 2 aromatic rings. The zero-order chi connectivity index (χ0) is 21.3. The minimum atomic E-state index is -4.41. The lowest BCUT2D eigenvalue weighted by atomic mass is 9.93. The van der Waals surface area contributed by atoms with Crippen LogP contribution in [0.25, 0.3) is 5.57 Å². The van der Waals surface area contributed by atoms with E-state index in [4.69, 9.17) is 0 Å². The number of benzene rings is 1. The Morgan fingerprint density at radius 2 is 1.73 bits per heavy atom. The first-order chi connectivity index (χ1) is 14.4. The first kappa shape index (κ1) is 19.9. The lowest BCUT2D eigenvalue weighted by molar-refractivity contribution is -0.137. The average Bonchev–Trinajstić information content (AvgIpc) is 3.22. The summed E-state index contributed by atoms with van der Waals surface area (Å²) in [6.07, 6.45) is -1.91. The normalized spacial score (nSPS) is 16.8. The lowest BCUT2D eigenvalue weighted by Gasteiger charge is -2.35. The lowest BCUT2D eigenvalue weighted by Crippen LogP contribution is -2.48. The summed E-state index contributed by atoms with van der Waals surface area (Å²) in [6.45, 7) is 2.50. The molecule has 1 aromatic heterocycles. The predicted molar refractivity (Wildman–Crippen MR) is 101 cm³/mol. The second-order valence-electron chi connectivity index (χ2n) is 7.26. The van der Waals surface area contributed by atoms with Gasteiger partial charge in [-0.3, -0.25) is 0 Å². The summed E-state index contributed by atoms with van der Waals surface area (Å²) >= 11 is 0. The van der Waals surface area contributed by atoms with Gasteiger partial charge in [0.15, 0.2) is 0 Å². The molecule has 0 unspecified atom stereocenters. The van der Waals surface area contributed by atoms with Crippen LogP contribution in [-0.2, 0) is 19.3 Å². The fourth-order valence-corrected chi connectivity index (χ4v) is 3.82. The highest BCUT2D eigenvalue weighted by Gasteiger charge is 2.31. The minimum Gasteiger partial charge on any atom is -0.324 e. The van der Waals surface area contributed by atoms with E-state index in [1.54, 1.807) is 14.5 Å². The number of piperidine rings is 1. The number of halogens is 3. The molecule has 0 N–H and O–H groups in total. The van der Waals surface area contributed by atoms with Gasteiger partial charge in [-0.25, -0.2) is 14.5 Å². The number of amides is 2. The van der Waals surface area contributed by atoms with Gasteiger partial charge in [0.05, 0.1) is 30.3 Å². The molecule has 30 heavy (non-hydrogen) atoms. The molecule has 1 fully saturated rings. The molecule has 156 valence electrons. The van der Waals surface area contributed by atoms with Crippen molar-refractivity contribution in [1.29, 1.82) is 5.26 Å². The molecule has 2 amide bonds. The minimum absolute atomic E-state index is 0.0728. The van der Waals surface area contributed by atoms with E-state index in [9.17, 15) is 23.2 Å². The van der Waals surface area contributed by atoms with Crippen LogP contribution in [0.2, 0.25) is 0 Å². The van der Waals surface area contributed by atoms with Gasteiger partial charge in [-0.05, 0) is 36.1 Å². The van der Waals surface area contributed by atoms with Gasteiger partial charge in [-0.1, -0.05) is 12.1 Å². The number of rotatable bonds is 1. The van der Waals surface area contributed by atoms with Gasteiger partial charge in [0, 0.05) is 19.6 Å². The summed E-state index contributed by atoms with van der Waals surface area (Å²) in [5.74, 6) is 0.751. The van der Waals surface area contributed by atoms with Crippen molar-refractivity contribution in [2.45, 2.75) is 32.1 Å². The third kappa shape index (κ3) is 3.87. The Bertz CT molecular complexity index is 1010. The number of alkyl halides is 3. The topological polar surface area (TPSA) is 78.0 Å². The smallest absolute Gasteiger partial charge is 0.324 e. The van der Waals surface area contributed by atoms with Crippen molar-refractivity contribution in [3.05, 3.63) is 53.1 Å². The SMILES string of the molecule is N#CC(=C1CCN(C(=O)N2CCn3ncnc3C2)CC1)c1ccc(C(F)(F)F)cc1. The Morgan fingerprint density at radius 3 is 2.37 bits per heavy atom. The fourth-order valence-electron chi connectivity index (χ4n) is 3.82. The highest BCUT2D eigenvalue weighted by molar-refractivity contribution is 5.80. The number of likely N-dealkylation sites (tertiary alicyclic amines) is 1. The van der Waals surface area contributed by atoms with Crippen LogP contribution in [-0.4, -0.2) is 50.2 Å². The number of hydrogen-bond acceptors (Lipinski definition) is 4. The molecule has 0 bridgehead atoms. The molecule has 0 atom stereocenters. The highest BCUT2D eigenvalue weighted by atomic mass is 19.4. The quantitative estimate of drug-likeness (QED) is 0.669. The molecule has 2 aliphatic heterocycles. The van der Waals surface area contributed by atoms with E-state index >= 15 is 0 Å². The first-order valence-corrected chi connectivity index (χ1v) is 9.57. The summed E-state index contributed by atoms with van der Waals surface area (Å²) in [4.78, 5) is 20.5. The van der Waals surface area contributed by atoms with Gasteiger partial charge in [-0.2, -0.15) is 23.5 Å². The summed E-state index contributed by atoms with van der Waals surface area (Å²) in [5.41, 5.74) is 0.976. The Balaban J connectivity index is 1.43. The number of carbonyl (C=O) groups is 1.